The minimum atomic E-state index is -0.253. The van der Waals surface area contributed by atoms with E-state index in [4.69, 9.17) is 4.74 Å². The highest BCUT2D eigenvalue weighted by Crippen LogP contribution is 2.31. The Hall–Kier alpha value is -1.79. The third-order valence-corrected chi connectivity index (χ3v) is 4.57. The SMILES string of the molecule is COCC(=O)N1CCc2nc(-c3ccc(F)cc3)sc2C1. The van der Waals surface area contributed by atoms with Gasteiger partial charge in [-0.15, -0.1) is 11.3 Å². The first-order valence-electron chi connectivity index (χ1n) is 6.68. The van der Waals surface area contributed by atoms with Gasteiger partial charge in [-0.3, -0.25) is 4.79 Å². The van der Waals surface area contributed by atoms with Crippen LogP contribution in [0.1, 0.15) is 10.6 Å². The monoisotopic (exact) mass is 306 g/mol. The number of benzene rings is 1. The van der Waals surface area contributed by atoms with E-state index in [0.29, 0.717) is 13.1 Å². The molecule has 0 atom stereocenters. The number of hydrogen-bond acceptors (Lipinski definition) is 4. The third-order valence-electron chi connectivity index (χ3n) is 3.44. The van der Waals surface area contributed by atoms with E-state index < -0.39 is 0 Å². The van der Waals surface area contributed by atoms with Crippen LogP contribution in [0.2, 0.25) is 0 Å². The summed E-state index contributed by atoms with van der Waals surface area (Å²) in [7, 11) is 1.52. The standard InChI is InChI=1S/C15H15FN2O2S/c1-20-9-14(19)18-7-6-12-13(8-18)21-15(17-12)10-2-4-11(16)5-3-10/h2-5H,6-9H2,1H3. The zero-order valence-corrected chi connectivity index (χ0v) is 12.5. The molecule has 0 saturated heterocycles. The zero-order valence-electron chi connectivity index (χ0n) is 11.6. The number of aromatic nitrogens is 1. The average Bonchev–Trinajstić information content (AvgIpc) is 2.91. The molecule has 1 aromatic carbocycles. The van der Waals surface area contributed by atoms with Crippen LogP contribution in [0, 0.1) is 5.82 Å². The molecule has 4 nitrogen and oxygen atoms in total. The van der Waals surface area contributed by atoms with Gasteiger partial charge in [0.05, 0.1) is 12.2 Å². The Morgan fingerprint density at radius 3 is 2.90 bits per heavy atom. The van der Waals surface area contributed by atoms with Crippen molar-refractivity contribution in [2.75, 3.05) is 20.3 Å². The molecule has 21 heavy (non-hydrogen) atoms. The lowest BCUT2D eigenvalue weighted by molar-refractivity contribution is -0.136. The molecule has 0 radical (unpaired) electrons. The number of hydrogen-bond donors (Lipinski definition) is 0. The number of halogens is 1. The van der Waals surface area contributed by atoms with Gasteiger partial charge in [-0.2, -0.15) is 0 Å². The number of nitrogens with zero attached hydrogens (tertiary/aromatic N) is 2. The second kappa shape index (κ2) is 5.91. The first-order chi connectivity index (χ1) is 10.2. The molecule has 6 heteroatoms. The molecule has 3 rings (SSSR count). The van der Waals surface area contributed by atoms with Crippen molar-refractivity contribution in [1.29, 1.82) is 0 Å². The molecule has 0 fully saturated rings. The topological polar surface area (TPSA) is 42.4 Å². The summed E-state index contributed by atoms with van der Waals surface area (Å²) in [6, 6.07) is 6.33. The lowest BCUT2D eigenvalue weighted by Gasteiger charge is -2.25. The summed E-state index contributed by atoms with van der Waals surface area (Å²) in [4.78, 5) is 19.4. The molecule has 2 heterocycles. The smallest absolute Gasteiger partial charge is 0.248 e. The quantitative estimate of drug-likeness (QED) is 0.875. The van der Waals surface area contributed by atoms with Gasteiger partial charge in [0, 0.05) is 30.5 Å². The van der Waals surface area contributed by atoms with Crippen molar-refractivity contribution in [2.45, 2.75) is 13.0 Å². The molecule has 0 unspecified atom stereocenters. The Labute approximate surface area is 126 Å². The van der Waals surface area contributed by atoms with Gasteiger partial charge in [0.15, 0.2) is 0 Å². The Bertz CT molecular complexity index is 654. The van der Waals surface area contributed by atoms with E-state index in [-0.39, 0.29) is 18.3 Å². The van der Waals surface area contributed by atoms with Gasteiger partial charge in [0.1, 0.15) is 17.4 Å². The Balaban J connectivity index is 1.81. The number of amides is 1. The van der Waals surface area contributed by atoms with Gasteiger partial charge in [0.25, 0.3) is 0 Å². The molecule has 1 amide bonds. The number of ether oxygens (including phenoxy) is 1. The Morgan fingerprint density at radius 2 is 2.19 bits per heavy atom. The molecular formula is C15H15FN2O2S. The van der Waals surface area contributed by atoms with Crippen molar-refractivity contribution in [3.63, 3.8) is 0 Å². The molecule has 2 aromatic rings. The molecule has 1 aliphatic rings. The Morgan fingerprint density at radius 1 is 1.43 bits per heavy atom. The minimum absolute atomic E-state index is 0.000109. The number of carbonyl (C=O) groups excluding carboxylic acids is 1. The molecule has 0 spiro atoms. The summed E-state index contributed by atoms with van der Waals surface area (Å²) < 4.78 is 17.9. The highest BCUT2D eigenvalue weighted by molar-refractivity contribution is 7.15. The highest BCUT2D eigenvalue weighted by atomic mass is 32.1. The molecule has 0 N–H and O–H groups in total. The number of carbonyl (C=O) groups is 1. The van der Waals surface area contributed by atoms with Crippen LogP contribution in [0.15, 0.2) is 24.3 Å². The van der Waals surface area contributed by atoms with Crippen LogP contribution in [0.3, 0.4) is 0 Å². The first-order valence-corrected chi connectivity index (χ1v) is 7.50. The van der Waals surface area contributed by atoms with Crippen molar-refractivity contribution in [1.82, 2.24) is 9.88 Å². The number of thiazole rings is 1. The van der Waals surface area contributed by atoms with Crippen LogP contribution < -0.4 is 0 Å². The molecule has 110 valence electrons. The first kappa shape index (κ1) is 14.2. The van der Waals surface area contributed by atoms with Gasteiger partial charge in [-0.25, -0.2) is 9.37 Å². The maximum Gasteiger partial charge on any atom is 0.248 e. The zero-order chi connectivity index (χ0) is 14.8. The number of fused-ring (bicyclic) bond motifs is 1. The van der Waals surface area contributed by atoms with E-state index >= 15 is 0 Å². The van der Waals surface area contributed by atoms with Crippen LogP contribution >= 0.6 is 11.3 Å². The summed E-state index contributed by atoms with van der Waals surface area (Å²) in [5.41, 5.74) is 1.95. The van der Waals surface area contributed by atoms with Crippen molar-refractivity contribution in [3.8, 4) is 10.6 Å². The van der Waals surface area contributed by atoms with Gasteiger partial charge in [-0.05, 0) is 24.3 Å². The van der Waals surface area contributed by atoms with E-state index in [9.17, 15) is 9.18 Å². The van der Waals surface area contributed by atoms with Gasteiger partial charge in [-0.1, -0.05) is 0 Å². The van der Waals surface area contributed by atoms with Crippen molar-refractivity contribution < 1.29 is 13.9 Å². The van der Waals surface area contributed by atoms with Crippen molar-refractivity contribution >= 4 is 17.2 Å². The van der Waals surface area contributed by atoms with Crippen LogP contribution in [-0.4, -0.2) is 36.1 Å². The van der Waals surface area contributed by atoms with Crippen molar-refractivity contribution in [3.05, 3.63) is 40.7 Å². The third kappa shape index (κ3) is 2.96. The second-order valence-corrected chi connectivity index (χ2v) is 5.98. The Kier molecular flexibility index (Phi) is 3.98. The fourth-order valence-electron chi connectivity index (χ4n) is 2.34. The van der Waals surface area contributed by atoms with E-state index in [1.165, 1.54) is 19.2 Å². The largest absolute Gasteiger partial charge is 0.375 e. The van der Waals surface area contributed by atoms with Crippen LogP contribution in [0.4, 0.5) is 4.39 Å². The van der Waals surface area contributed by atoms with Crippen LogP contribution in [0.5, 0.6) is 0 Å². The predicted molar refractivity (Wildman–Crippen MR) is 78.5 cm³/mol. The summed E-state index contributed by atoms with van der Waals surface area (Å²) in [5, 5.41) is 0.876. The second-order valence-electron chi connectivity index (χ2n) is 4.89. The van der Waals surface area contributed by atoms with Gasteiger partial charge < -0.3 is 9.64 Å². The normalized spacial score (nSPS) is 14.1. The number of methoxy groups -OCH3 is 1. The molecule has 0 bridgehead atoms. The molecule has 1 aromatic heterocycles. The fraction of sp³-hybridized carbons (Fsp3) is 0.333. The lowest BCUT2D eigenvalue weighted by atomic mass is 10.1. The van der Waals surface area contributed by atoms with E-state index in [0.717, 1.165) is 27.6 Å². The molecule has 0 saturated carbocycles. The van der Waals surface area contributed by atoms with Crippen molar-refractivity contribution in [2.24, 2.45) is 0 Å². The highest BCUT2D eigenvalue weighted by Gasteiger charge is 2.24. The lowest BCUT2D eigenvalue weighted by Crippen LogP contribution is -2.37. The summed E-state index contributed by atoms with van der Waals surface area (Å²) in [5.74, 6) is -0.253. The summed E-state index contributed by atoms with van der Waals surface area (Å²) >= 11 is 1.57. The predicted octanol–water partition coefficient (Wildman–Crippen LogP) is 2.48. The minimum Gasteiger partial charge on any atom is -0.375 e. The van der Waals surface area contributed by atoms with E-state index in [1.54, 1.807) is 28.4 Å². The van der Waals surface area contributed by atoms with Crippen LogP contribution in [0.25, 0.3) is 10.6 Å². The molecule has 1 aliphatic heterocycles. The van der Waals surface area contributed by atoms with Gasteiger partial charge in [0.2, 0.25) is 5.91 Å². The molecular weight excluding hydrogens is 291 g/mol. The van der Waals surface area contributed by atoms with E-state index in [2.05, 4.69) is 4.98 Å². The summed E-state index contributed by atoms with van der Waals surface area (Å²) in [6.45, 7) is 1.36. The van der Waals surface area contributed by atoms with Gasteiger partial charge >= 0.3 is 0 Å². The van der Waals surface area contributed by atoms with E-state index in [1.807, 2.05) is 0 Å². The maximum atomic E-state index is 13.0. The maximum absolute atomic E-state index is 13.0. The van der Waals surface area contributed by atoms with Crippen LogP contribution in [-0.2, 0) is 22.5 Å². The fourth-order valence-corrected chi connectivity index (χ4v) is 3.47. The summed E-state index contributed by atoms with van der Waals surface area (Å²) in [6.07, 6.45) is 0.752. The molecule has 0 aliphatic carbocycles. The average molecular weight is 306 g/mol. The number of rotatable bonds is 3.